The highest BCUT2D eigenvalue weighted by molar-refractivity contribution is 5.36. The molecular formula is C29H36N5+. The first-order valence-corrected chi connectivity index (χ1v) is 12.2. The molecule has 1 aliphatic rings. The van der Waals surface area contributed by atoms with E-state index < -0.39 is 0 Å². The molecule has 0 radical (unpaired) electrons. The van der Waals surface area contributed by atoms with Gasteiger partial charge in [0.1, 0.15) is 25.5 Å². The molecular weight excluding hydrogens is 418 g/mol. The largest absolute Gasteiger partial charge is 0.248 e. The summed E-state index contributed by atoms with van der Waals surface area (Å²) in [4.78, 5) is 0. The van der Waals surface area contributed by atoms with E-state index in [9.17, 15) is 0 Å². The maximum atomic E-state index is 4.52. The van der Waals surface area contributed by atoms with Crippen LogP contribution < -0.4 is 4.57 Å². The third kappa shape index (κ3) is 4.98. The second-order valence-corrected chi connectivity index (χ2v) is 11.9. The van der Waals surface area contributed by atoms with Crippen molar-refractivity contribution in [2.75, 3.05) is 0 Å². The highest BCUT2D eigenvalue weighted by Crippen LogP contribution is 2.27. The molecule has 0 aliphatic carbocycles. The molecule has 0 fully saturated rings. The number of fused-ring (bicyclic) bond motifs is 8. The first-order chi connectivity index (χ1) is 16.0. The van der Waals surface area contributed by atoms with E-state index in [1.165, 1.54) is 33.4 Å². The molecule has 2 aromatic heterocycles. The molecule has 5 rings (SSSR count). The predicted molar refractivity (Wildman–Crippen MR) is 135 cm³/mol. The van der Waals surface area contributed by atoms with Crippen LogP contribution in [0.4, 0.5) is 0 Å². The molecule has 0 unspecified atom stereocenters. The molecule has 0 N–H and O–H groups in total. The summed E-state index contributed by atoms with van der Waals surface area (Å²) in [7, 11) is 0. The predicted octanol–water partition coefficient (Wildman–Crippen LogP) is 5.01. The number of aromatic nitrogens is 5. The van der Waals surface area contributed by atoms with Gasteiger partial charge in [0, 0.05) is 12.6 Å². The zero-order chi connectivity index (χ0) is 24.1. The maximum absolute atomic E-state index is 4.52. The molecule has 0 saturated carbocycles. The van der Waals surface area contributed by atoms with Gasteiger partial charge in [0.25, 0.3) is 0 Å². The lowest BCUT2D eigenvalue weighted by molar-refractivity contribution is -0.687. The number of rotatable bonds is 0. The summed E-state index contributed by atoms with van der Waals surface area (Å²) in [6.07, 6.45) is 9.47. The van der Waals surface area contributed by atoms with Gasteiger partial charge < -0.3 is 0 Å². The zero-order valence-electron chi connectivity index (χ0n) is 21.3. The van der Waals surface area contributed by atoms with E-state index >= 15 is 0 Å². The molecule has 2 aromatic carbocycles. The SMILES string of the molecule is CC(C)(C)c1cc2cc(c1)Cn1cc[n+](c1)Cc1cc(cc(C(C)(C)C)c1)Cn1cc(nn1)C2. The third-order valence-corrected chi connectivity index (χ3v) is 6.63. The Bertz CT molecular complexity index is 1150. The van der Waals surface area contributed by atoms with E-state index in [-0.39, 0.29) is 10.8 Å². The quantitative estimate of drug-likeness (QED) is 0.309. The number of hydrogen-bond donors (Lipinski definition) is 0. The first kappa shape index (κ1) is 22.6. The summed E-state index contributed by atoms with van der Waals surface area (Å²) in [5.74, 6) is 0. The average molecular weight is 455 g/mol. The van der Waals surface area contributed by atoms with Gasteiger partial charge in [-0.1, -0.05) is 77.1 Å². The lowest BCUT2D eigenvalue weighted by Gasteiger charge is -2.21. The summed E-state index contributed by atoms with van der Waals surface area (Å²) in [5, 5.41) is 8.99. The second kappa shape index (κ2) is 8.23. The summed E-state index contributed by atoms with van der Waals surface area (Å²) in [6, 6.07) is 14.0. The fraction of sp³-hybridized carbons (Fsp3) is 0.414. The molecule has 5 heteroatoms. The van der Waals surface area contributed by atoms with Crippen LogP contribution in [0.15, 0.2) is 61.3 Å². The van der Waals surface area contributed by atoms with Gasteiger partial charge in [0.15, 0.2) is 0 Å². The molecule has 0 spiro atoms. The van der Waals surface area contributed by atoms with Crippen LogP contribution in [0, 0.1) is 0 Å². The zero-order valence-corrected chi connectivity index (χ0v) is 21.3. The van der Waals surface area contributed by atoms with Crippen molar-refractivity contribution in [3.05, 3.63) is 100 Å². The van der Waals surface area contributed by atoms with Crippen molar-refractivity contribution in [1.82, 2.24) is 19.6 Å². The lowest BCUT2D eigenvalue weighted by atomic mass is 9.84. The number of hydrogen-bond acceptors (Lipinski definition) is 2. The Kier molecular flexibility index (Phi) is 5.46. The van der Waals surface area contributed by atoms with Crippen LogP contribution in [0.1, 0.15) is 80.6 Å². The van der Waals surface area contributed by atoms with Crippen molar-refractivity contribution in [2.45, 2.75) is 78.4 Å². The van der Waals surface area contributed by atoms with E-state index in [0.29, 0.717) is 0 Å². The number of imidazole rings is 1. The minimum atomic E-state index is 0.0865. The topological polar surface area (TPSA) is 39.5 Å². The van der Waals surface area contributed by atoms with Crippen molar-refractivity contribution < 1.29 is 4.57 Å². The van der Waals surface area contributed by atoms with E-state index in [1.807, 2.05) is 4.68 Å². The Morgan fingerprint density at radius 1 is 0.765 bits per heavy atom. The van der Waals surface area contributed by atoms with E-state index in [1.54, 1.807) is 0 Å². The van der Waals surface area contributed by atoms with Gasteiger partial charge in [0.05, 0.1) is 12.2 Å². The summed E-state index contributed by atoms with van der Waals surface area (Å²) >= 11 is 0. The molecule has 0 saturated heterocycles. The minimum absolute atomic E-state index is 0.0865. The summed E-state index contributed by atoms with van der Waals surface area (Å²) in [5.41, 5.74) is 9.09. The lowest BCUT2D eigenvalue weighted by Crippen LogP contribution is -2.32. The van der Waals surface area contributed by atoms with Gasteiger partial charge in [0.2, 0.25) is 6.33 Å². The van der Waals surface area contributed by atoms with E-state index in [0.717, 1.165) is 31.7 Å². The molecule has 34 heavy (non-hydrogen) atoms. The Morgan fingerprint density at radius 2 is 1.38 bits per heavy atom. The van der Waals surface area contributed by atoms with E-state index in [2.05, 4.69) is 122 Å². The molecule has 0 atom stereocenters. The fourth-order valence-corrected chi connectivity index (χ4v) is 4.71. The Hall–Kier alpha value is -3.21. The van der Waals surface area contributed by atoms with Crippen molar-refractivity contribution >= 4 is 0 Å². The van der Waals surface area contributed by atoms with Crippen LogP contribution in [-0.4, -0.2) is 19.6 Å². The van der Waals surface area contributed by atoms with Gasteiger partial charge in [-0.3, -0.25) is 0 Å². The van der Waals surface area contributed by atoms with Crippen molar-refractivity contribution in [1.29, 1.82) is 0 Å². The van der Waals surface area contributed by atoms with Crippen LogP contribution in [0.25, 0.3) is 0 Å². The van der Waals surface area contributed by atoms with E-state index in [4.69, 9.17) is 0 Å². The molecule has 176 valence electrons. The molecule has 5 nitrogen and oxygen atoms in total. The van der Waals surface area contributed by atoms with Crippen LogP contribution in [0.5, 0.6) is 0 Å². The first-order valence-electron chi connectivity index (χ1n) is 12.2. The Labute approximate surface area is 203 Å². The van der Waals surface area contributed by atoms with Gasteiger partial charge >= 0.3 is 0 Å². The fourth-order valence-electron chi connectivity index (χ4n) is 4.71. The van der Waals surface area contributed by atoms with Gasteiger partial charge in [-0.2, -0.15) is 0 Å². The normalized spacial score (nSPS) is 14.3. The minimum Gasteiger partial charge on any atom is -0.248 e. The highest BCUT2D eigenvalue weighted by atomic mass is 15.4. The molecule has 8 bridgehead atoms. The Balaban J connectivity index is 1.61. The maximum Gasteiger partial charge on any atom is 0.244 e. The van der Waals surface area contributed by atoms with Crippen molar-refractivity contribution in [2.24, 2.45) is 0 Å². The van der Waals surface area contributed by atoms with Gasteiger partial charge in [-0.05, 0) is 50.3 Å². The molecule has 3 heterocycles. The standard InChI is InChI=1S/C29H36N5/c1-28(2,3)25-11-21-9-22(12-25)16-32-7-8-33(20-32)17-23-10-24(14-26(13-23)29(4,5)6)18-34-19-27(15-21)30-31-34/h7-14,19-20H,15-18H2,1-6H3/q+1. The average Bonchev–Trinajstić information content (AvgIpc) is 3.35. The van der Waals surface area contributed by atoms with Gasteiger partial charge in [-0.25, -0.2) is 13.8 Å². The second-order valence-electron chi connectivity index (χ2n) is 11.9. The summed E-state index contributed by atoms with van der Waals surface area (Å²) < 4.78 is 6.53. The monoisotopic (exact) mass is 454 g/mol. The van der Waals surface area contributed by atoms with Crippen LogP contribution in [0.2, 0.25) is 0 Å². The molecule has 0 amide bonds. The van der Waals surface area contributed by atoms with Crippen molar-refractivity contribution in [3.63, 3.8) is 0 Å². The smallest absolute Gasteiger partial charge is 0.244 e. The molecule has 1 aliphatic heterocycles. The highest BCUT2D eigenvalue weighted by Gasteiger charge is 2.19. The van der Waals surface area contributed by atoms with Crippen LogP contribution in [-0.2, 0) is 36.9 Å². The Morgan fingerprint density at radius 3 is 2.09 bits per heavy atom. The third-order valence-electron chi connectivity index (χ3n) is 6.63. The number of benzene rings is 2. The van der Waals surface area contributed by atoms with Crippen LogP contribution in [0.3, 0.4) is 0 Å². The van der Waals surface area contributed by atoms with Crippen LogP contribution >= 0.6 is 0 Å². The molecule has 4 aromatic rings. The van der Waals surface area contributed by atoms with Crippen molar-refractivity contribution in [3.8, 4) is 0 Å². The van der Waals surface area contributed by atoms with Gasteiger partial charge in [-0.15, -0.1) is 5.10 Å². The summed E-state index contributed by atoms with van der Waals surface area (Å²) in [6.45, 7) is 16.1. The number of nitrogens with zero attached hydrogens (tertiary/aromatic N) is 5.